The van der Waals surface area contributed by atoms with Gasteiger partial charge in [0.05, 0.1) is 5.25 Å². The number of thioether (sulfide) groups is 1. The van der Waals surface area contributed by atoms with Crippen LogP contribution >= 0.6 is 11.8 Å². The standard InChI is InChI=1S/C17H16N2O3S/c18-13-5-1-12(2-6-13)10-22-14-7-3-11(4-8-14)9-15-16(20)19-17(21)23-15/h1-8,15H,9-10,18H2,(H,19,20,21). The van der Waals surface area contributed by atoms with E-state index < -0.39 is 0 Å². The summed E-state index contributed by atoms with van der Waals surface area (Å²) in [6.07, 6.45) is 0.528. The molecule has 1 atom stereocenters. The van der Waals surface area contributed by atoms with Gasteiger partial charge in [-0.25, -0.2) is 0 Å². The lowest BCUT2D eigenvalue weighted by Crippen LogP contribution is -2.25. The molecule has 1 aliphatic heterocycles. The van der Waals surface area contributed by atoms with Crippen LogP contribution in [0.4, 0.5) is 10.5 Å². The van der Waals surface area contributed by atoms with Crippen molar-refractivity contribution >= 4 is 28.6 Å². The van der Waals surface area contributed by atoms with Crippen molar-refractivity contribution in [1.29, 1.82) is 0 Å². The minimum Gasteiger partial charge on any atom is -0.489 e. The van der Waals surface area contributed by atoms with Gasteiger partial charge in [-0.1, -0.05) is 36.0 Å². The predicted molar refractivity (Wildman–Crippen MR) is 90.3 cm³/mol. The van der Waals surface area contributed by atoms with Crippen molar-refractivity contribution in [3.63, 3.8) is 0 Å². The number of ether oxygens (including phenoxy) is 1. The summed E-state index contributed by atoms with van der Waals surface area (Å²) in [7, 11) is 0. The van der Waals surface area contributed by atoms with Crippen LogP contribution in [0.2, 0.25) is 0 Å². The van der Waals surface area contributed by atoms with Gasteiger partial charge < -0.3 is 10.5 Å². The predicted octanol–water partition coefficient (Wildman–Crippen LogP) is 2.74. The molecule has 0 saturated carbocycles. The van der Waals surface area contributed by atoms with Crippen LogP contribution in [0.15, 0.2) is 48.5 Å². The van der Waals surface area contributed by atoms with Crippen LogP contribution in [0.1, 0.15) is 11.1 Å². The highest BCUT2D eigenvalue weighted by atomic mass is 32.2. The number of carbonyl (C=O) groups excluding carboxylic acids is 2. The Balaban J connectivity index is 1.55. The molecule has 0 bridgehead atoms. The largest absolute Gasteiger partial charge is 0.489 e. The lowest BCUT2D eigenvalue weighted by molar-refractivity contribution is -0.118. The van der Waals surface area contributed by atoms with E-state index >= 15 is 0 Å². The van der Waals surface area contributed by atoms with Crippen molar-refractivity contribution in [1.82, 2.24) is 5.32 Å². The highest BCUT2D eigenvalue weighted by molar-refractivity contribution is 8.15. The topological polar surface area (TPSA) is 81.4 Å². The fourth-order valence-electron chi connectivity index (χ4n) is 2.24. The minimum absolute atomic E-state index is 0.219. The number of rotatable bonds is 5. The zero-order chi connectivity index (χ0) is 16.2. The quantitative estimate of drug-likeness (QED) is 0.825. The first kappa shape index (κ1) is 15.4. The van der Waals surface area contributed by atoms with Crippen LogP contribution in [-0.2, 0) is 17.8 Å². The fourth-order valence-corrected chi connectivity index (χ4v) is 3.10. The summed E-state index contributed by atoms with van der Waals surface area (Å²) in [5, 5.41) is 1.67. The Morgan fingerprint density at radius 2 is 1.65 bits per heavy atom. The number of carbonyl (C=O) groups is 2. The highest BCUT2D eigenvalue weighted by Gasteiger charge is 2.31. The van der Waals surface area contributed by atoms with E-state index in [1.54, 1.807) is 0 Å². The fraction of sp³-hybridized carbons (Fsp3) is 0.176. The van der Waals surface area contributed by atoms with Crippen molar-refractivity contribution in [2.24, 2.45) is 0 Å². The molecule has 23 heavy (non-hydrogen) atoms. The molecule has 1 unspecified atom stereocenters. The summed E-state index contributed by atoms with van der Waals surface area (Å²) in [4.78, 5) is 22.7. The molecule has 2 aromatic rings. The molecule has 2 aromatic carbocycles. The Morgan fingerprint density at radius 3 is 2.26 bits per heavy atom. The zero-order valence-electron chi connectivity index (χ0n) is 12.3. The van der Waals surface area contributed by atoms with Gasteiger partial charge in [0.15, 0.2) is 0 Å². The lowest BCUT2D eigenvalue weighted by atomic mass is 10.1. The average Bonchev–Trinajstić information content (AvgIpc) is 2.86. The van der Waals surface area contributed by atoms with Gasteiger partial charge in [-0.05, 0) is 41.8 Å². The molecule has 0 aliphatic carbocycles. The van der Waals surface area contributed by atoms with Gasteiger partial charge in [-0.15, -0.1) is 0 Å². The third-order valence-electron chi connectivity index (χ3n) is 3.50. The van der Waals surface area contributed by atoms with E-state index in [0.717, 1.165) is 34.3 Å². The normalized spacial score (nSPS) is 17.1. The van der Waals surface area contributed by atoms with E-state index in [1.807, 2.05) is 48.5 Å². The van der Waals surface area contributed by atoms with Gasteiger partial charge in [0.25, 0.3) is 5.24 Å². The zero-order valence-corrected chi connectivity index (χ0v) is 13.1. The first-order valence-electron chi connectivity index (χ1n) is 7.18. The molecule has 3 N–H and O–H groups in total. The number of anilines is 1. The second-order valence-corrected chi connectivity index (χ2v) is 6.44. The first-order chi connectivity index (χ1) is 11.1. The second-order valence-electron chi connectivity index (χ2n) is 5.26. The number of hydrogen-bond acceptors (Lipinski definition) is 5. The number of hydrogen-bond donors (Lipinski definition) is 2. The lowest BCUT2D eigenvalue weighted by Gasteiger charge is -2.09. The van der Waals surface area contributed by atoms with Crippen molar-refractivity contribution < 1.29 is 14.3 Å². The van der Waals surface area contributed by atoms with E-state index in [0.29, 0.717) is 13.0 Å². The van der Waals surface area contributed by atoms with Crippen LogP contribution < -0.4 is 15.8 Å². The van der Waals surface area contributed by atoms with Crippen LogP contribution in [0.3, 0.4) is 0 Å². The number of nitrogens with one attached hydrogen (secondary N) is 1. The van der Waals surface area contributed by atoms with Crippen molar-refractivity contribution in [2.75, 3.05) is 5.73 Å². The number of benzene rings is 2. The second kappa shape index (κ2) is 6.75. The monoisotopic (exact) mass is 328 g/mol. The van der Waals surface area contributed by atoms with Gasteiger partial charge in [0, 0.05) is 5.69 Å². The number of amides is 2. The summed E-state index contributed by atoms with van der Waals surface area (Å²) in [5.74, 6) is 0.536. The van der Waals surface area contributed by atoms with Crippen LogP contribution in [0.5, 0.6) is 5.75 Å². The van der Waals surface area contributed by atoms with Crippen molar-refractivity contribution in [3.05, 3.63) is 59.7 Å². The first-order valence-corrected chi connectivity index (χ1v) is 8.06. The Kier molecular flexibility index (Phi) is 4.52. The molecular weight excluding hydrogens is 312 g/mol. The summed E-state index contributed by atoms with van der Waals surface area (Å²) >= 11 is 1.04. The minimum atomic E-state index is -0.343. The summed E-state index contributed by atoms with van der Waals surface area (Å²) in [5.41, 5.74) is 8.41. The van der Waals surface area contributed by atoms with Crippen molar-refractivity contribution in [2.45, 2.75) is 18.3 Å². The van der Waals surface area contributed by atoms with Gasteiger partial charge in [-0.2, -0.15) is 0 Å². The molecule has 1 saturated heterocycles. The molecule has 0 aromatic heterocycles. The molecule has 1 aliphatic rings. The third-order valence-corrected chi connectivity index (χ3v) is 4.48. The summed E-state index contributed by atoms with van der Waals surface area (Å²) in [6.45, 7) is 0.467. The van der Waals surface area contributed by atoms with E-state index in [1.165, 1.54) is 0 Å². The molecule has 1 fully saturated rings. The molecule has 5 nitrogen and oxygen atoms in total. The van der Waals surface area contributed by atoms with Crippen molar-refractivity contribution in [3.8, 4) is 5.75 Å². The Labute approximate surface area is 138 Å². The van der Waals surface area contributed by atoms with Gasteiger partial charge in [-0.3, -0.25) is 14.9 Å². The maximum absolute atomic E-state index is 11.6. The Hall–Kier alpha value is -2.47. The molecule has 118 valence electrons. The smallest absolute Gasteiger partial charge is 0.286 e. The highest BCUT2D eigenvalue weighted by Crippen LogP contribution is 2.24. The Bertz CT molecular complexity index is 714. The maximum atomic E-state index is 11.6. The molecule has 1 heterocycles. The van der Waals surface area contributed by atoms with Crippen LogP contribution in [0, 0.1) is 0 Å². The summed E-state index contributed by atoms with van der Waals surface area (Å²) in [6, 6.07) is 15.1. The Morgan fingerprint density at radius 1 is 1.00 bits per heavy atom. The number of imide groups is 1. The average molecular weight is 328 g/mol. The van der Waals surface area contributed by atoms with Gasteiger partial charge in [0.1, 0.15) is 12.4 Å². The molecule has 2 amide bonds. The number of nitrogens with two attached hydrogens (primary N) is 1. The van der Waals surface area contributed by atoms with E-state index in [-0.39, 0.29) is 16.4 Å². The van der Waals surface area contributed by atoms with Crippen LogP contribution in [0.25, 0.3) is 0 Å². The summed E-state index contributed by atoms with van der Waals surface area (Å²) < 4.78 is 5.72. The molecule has 6 heteroatoms. The van der Waals surface area contributed by atoms with E-state index in [2.05, 4.69) is 5.32 Å². The SMILES string of the molecule is Nc1ccc(COc2ccc(CC3SC(=O)NC3=O)cc2)cc1. The third kappa shape index (κ3) is 4.04. The van der Waals surface area contributed by atoms with Crippen LogP contribution in [-0.4, -0.2) is 16.4 Å². The van der Waals surface area contributed by atoms with E-state index in [9.17, 15) is 9.59 Å². The molecular formula is C17H16N2O3S. The molecule has 0 spiro atoms. The number of nitrogen functional groups attached to an aromatic ring is 1. The molecule has 0 radical (unpaired) electrons. The maximum Gasteiger partial charge on any atom is 0.286 e. The molecule has 3 rings (SSSR count). The van der Waals surface area contributed by atoms with Gasteiger partial charge >= 0.3 is 0 Å². The van der Waals surface area contributed by atoms with Gasteiger partial charge in [0.2, 0.25) is 5.91 Å². The van der Waals surface area contributed by atoms with E-state index in [4.69, 9.17) is 10.5 Å².